The molecule has 1 aliphatic rings. The molecule has 2 aromatic rings. The number of aryl methyl sites for hydroxylation is 3. The molecule has 26 heavy (non-hydrogen) atoms. The first kappa shape index (κ1) is 18.4. The van der Waals surface area contributed by atoms with Crippen LogP contribution in [0, 0.1) is 20.8 Å². The fraction of sp³-hybridized carbons (Fsp3) is 0.611. The highest BCUT2D eigenvalue weighted by atomic mass is 16.5. The third kappa shape index (κ3) is 4.07. The zero-order valence-corrected chi connectivity index (χ0v) is 16.4. The lowest BCUT2D eigenvalue weighted by Crippen LogP contribution is -2.52. The normalized spacial score (nSPS) is 16.3. The summed E-state index contributed by atoms with van der Waals surface area (Å²) in [7, 11) is 3.83. The second kappa shape index (κ2) is 7.90. The van der Waals surface area contributed by atoms with E-state index in [2.05, 4.69) is 44.2 Å². The van der Waals surface area contributed by atoms with Crippen LogP contribution in [-0.4, -0.2) is 63.9 Å². The van der Waals surface area contributed by atoms with E-state index in [1.54, 1.807) is 0 Å². The summed E-state index contributed by atoms with van der Waals surface area (Å²) in [5.74, 6) is 1.81. The lowest BCUT2D eigenvalue weighted by atomic mass is 10.2. The topological polar surface area (TPSA) is 74.7 Å². The highest BCUT2D eigenvalue weighted by Gasteiger charge is 2.21. The summed E-state index contributed by atoms with van der Waals surface area (Å²) in [5, 5.41) is 12.1. The molecular weight excluding hydrogens is 330 g/mol. The first-order valence-electron chi connectivity index (χ1n) is 9.07. The van der Waals surface area contributed by atoms with Crippen molar-refractivity contribution in [3.05, 3.63) is 34.5 Å². The Balaban J connectivity index is 1.52. The number of piperazine rings is 1. The lowest BCUT2D eigenvalue weighted by Gasteiger charge is -2.36. The van der Waals surface area contributed by atoms with E-state index in [1.807, 2.05) is 31.8 Å². The second-order valence-corrected chi connectivity index (χ2v) is 6.87. The van der Waals surface area contributed by atoms with Gasteiger partial charge in [-0.05, 0) is 20.8 Å². The van der Waals surface area contributed by atoms with Crippen molar-refractivity contribution in [3.63, 3.8) is 0 Å². The molecule has 1 fully saturated rings. The summed E-state index contributed by atoms with van der Waals surface area (Å²) in [5.41, 5.74) is 4.51. The molecule has 0 radical (unpaired) electrons. The molecule has 0 aliphatic carbocycles. The third-order valence-corrected chi connectivity index (χ3v) is 5.03. The summed E-state index contributed by atoms with van der Waals surface area (Å²) in [6.07, 6.45) is 0. The molecule has 0 unspecified atom stereocenters. The van der Waals surface area contributed by atoms with Gasteiger partial charge in [-0.3, -0.25) is 14.6 Å². The molecule has 0 amide bonds. The molecule has 0 bridgehead atoms. The van der Waals surface area contributed by atoms with Crippen LogP contribution < -0.4 is 5.32 Å². The van der Waals surface area contributed by atoms with Gasteiger partial charge in [-0.25, -0.2) is 0 Å². The van der Waals surface area contributed by atoms with Crippen LogP contribution in [0.2, 0.25) is 0 Å². The van der Waals surface area contributed by atoms with Crippen LogP contribution in [0.1, 0.15) is 28.4 Å². The Hall–Kier alpha value is -2.35. The summed E-state index contributed by atoms with van der Waals surface area (Å²) < 4.78 is 7.08. The van der Waals surface area contributed by atoms with Gasteiger partial charge in [0.25, 0.3) is 0 Å². The zero-order valence-electron chi connectivity index (χ0n) is 16.4. The Labute approximate surface area is 154 Å². The number of aliphatic imine (C=N–C) groups is 1. The highest BCUT2D eigenvalue weighted by molar-refractivity contribution is 5.80. The van der Waals surface area contributed by atoms with Crippen LogP contribution in [-0.2, 0) is 20.1 Å². The Kier molecular flexibility index (Phi) is 5.61. The first-order chi connectivity index (χ1) is 12.5. The molecule has 0 aromatic carbocycles. The molecule has 3 heterocycles. The van der Waals surface area contributed by atoms with Gasteiger partial charge >= 0.3 is 0 Å². The molecule has 3 rings (SSSR count). The first-order valence-corrected chi connectivity index (χ1v) is 9.07. The van der Waals surface area contributed by atoms with Gasteiger partial charge in [0.1, 0.15) is 5.76 Å². The van der Waals surface area contributed by atoms with Gasteiger partial charge in [-0.1, -0.05) is 5.16 Å². The monoisotopic (exact) mass is 359 g/mol. The number of guanidine groups is 1. The van der Waals surface area contributed by atoms with Gasteiger partial charge in [0.15, 0.2) is 5.96 Å². The van der Waals surface area contributed by atoms with Gasteiger partial charge in [0.05, 0.1) is 11.4 Å². The minimum Gasteiger partial charge on any atom is -0.361 e. The number of nitrogens with zero attached hydrogens (tertiary/aromatic N) is 6. The lowest BCUT2D eigenvalue weighted by molar-refractivity contribution is 0.169. The predicted molar refractivity (Wildman–Crippen MR) is 101 cm³/mol. The molecule has 0 spiro atoms. The van der Waals surface area contributed by atoms with Crippen molar-refractivity contribution in [2.45, 2.75) is 33.9 Å². The maximum atomic E-state index is 5.15. The van der Waals surface area contributed by atoms with E-state index in [1.165, 1.54) is 11.3 Å². The molecule has 142 valence electrons. The van der Waals surface area contributed by atoms with Crippen molar-refractivity contribution in [1.82, 2.24) is 30.1 Å². The Morgan fingerprint density at radius 1 is 1.23 bits per heavy atom. The summed E-state index contributed by atoms with van der Waals surface area (Å²) in [6.45, 7) is 11.5. The van der Waals surface area contributed by atoms with Gasteiger partial charge in [-0.15, -0.1) is 0 Å². The van der Waals surface area contributed by atoms with Gasteiger partial charge < -0.3 is 14.7 Å². The zero-order chi connectivity index (χ0) is 18.7. The SMILES string of the molecule is CN=C(NCc1c(C)nn(C)c1C)N1CCN(Cc2cc(C)on2)CC1. The van der Waals surface area contributed by atoms with Crippen LogP contribution in [0.25, 0.3) is 0 Å². The smallest absolute Gasteiger partial charge is 0.194 e. The van der Waals surface area contributed by atoms with E-state index in [4.69, 9.17) is 4.52 Å². The maximum absolute atomic E-state index is 5.15. The van der Waals surface area contributed by atoms with Crippen molar-refractivity contribution in [2.75, 3.05) is 33.2 Å². The quantitative estimate of drug-likeness (QED) is 0.654. The van der Waals surface area contributed by atoms with Crippen molar-refractivity contribution in [1.29, 1.82) is 0 Å². The molecule has 2 aromatic heterocycles. The highest BCUT2D eigenvalue weighted by Crippen LogP contribution is 2.12. The molecule has 0 atom stereocenters. The number of hydrogen-bond donors (Lipinski definition) is 1. The van der Waals surface area contributed by atoms with Crippen LogP contribution in [0.15, 0.2) is 15.6 Å². The molecule has 8 nitrogen and oxygen atoms in total. The molecular formula is C18H29N7O. The fourth-order valence-electron chi connectivity index (χ4n) is 3.41. The molecule has 1 saturated heterocycles. The van der Waals surface area contributed by atoms with Gasteiger partial charge in [-0.2, -0.15) is 5.10 Å². The molecule has 0 saturated carbocycles. The van der Waals surface area contributed by atoms with E-state index in [0.29, 0.717) is 0 Å². The Bertz CT molecular complexity index is 769. The standard InChI is InChI=1S/C18H29N7O/c1-13-10-16(22-26-13)12-24-6-8-25(9-7-24)18(19-4)20-11-17-14(2)21-23(5)15(17)3/h10H,6-9,11-12H2,1-5H3,(H,19,20). The Morgan fingerprint density at radius 2 is 1.96 bits per heavy atom. The Morgan fingerprint density at radius 3 is 2.50 bits per heavy atom. The number of hydrogen-bond acceptors (Lipinski definition) is 5. The van der Waals surface area contributed by atoms with E-state index in [9.17, 15) is 0 Å². The van der Waals surface area contributed by atoms with E-state index in [-0.39, 0.29) is 0 Å². The van der Waals surface area contributed by atoms with Crippen molar-refractivity contribution >= 4 is 5.96 Å². The number of rotatable bonds is 4. The summed E-state index contributed by atoms with van der Waals surface area (Å²) in [4.78, 5) is 9.17. The maximum Gasteiger partial charge on any atom is 0.194 e. The molecule has 1 aliphatic heterocycles. The van der Waals surface area contributed by atoms with E-state index < -0.39 is 0 Å². The second-order valence-electron chi connectivity index (χ2n) is 6.87. The van der Waals surface area contributed by atoms with Gasteiger partial charge in [0, 0.05) is 70.7 Å². The van der Waals surface area contributed by atoms with E-state index in [0.717, 1.165) is 62.4 Å². The van der Waals surface area contributed by atoms with Crippen LogP contribution in [0.4, 0.5) is 0 Å². The van der Waals surface area contributed by atoms with Crippen molar-refractivity contribution in [2.24, 2.45) is 12.0 Å². The van der Waals surface area contributed by atoms with E-state index >= 15 is 0 Å². The molecule has 1 N–H and O–H groups in total. The fourth-order valence-corrected chi connectivity index (χ4v) is 3.41. The average molecular weight is 359 g/mol. The predicted octanol–water partition coefficient (Wildman–Crippen LogP) is 1.23. The van der Waals surface area contributed by atoms with Crippen molar-refractivity contribution in [3.8, 4) is 0 Å². The third-order valence-electron chi connectivity index (χ3n) is 5.03. The minimum absolute atomic E-state index is 0.747. The largest absolute Gasteiger partial charge is 0.361 e. The van der Waals surface area contributed by atoms with Crippen LogP contribution in [0.3, 0.4) is 0 Å². The average Bonchev–Trinajstić information content (AvgIpc) is 3.13. The number of nitrogens with one attached hydrogen (secondary N) is 1. The van der Waals surface area contributed by atoms with Crippen LogP contribution in [0.5, 0.6) is 0 Å². The minimum atomic E-state index is 0.747. The summed E-state index contributed by atoms with van der Waals surface area (Å²) >= 11 is 0. The van der Waals surface area contributed by atoms with Crippen LogP contribution >= 0.6 is 0 Å². The number of aromatic nitrogens is 3. The van der Waals surface area contributed by atoms with Gasteiger partial charge in [0.2, 0.25) is 0 Å². The summed E-state index contributed by atoms with van der Waals surface area (Å²) in [6, 6.07) is 2.01. The molecule has 8 heteroatoms. The van der Waals surface area contributed by atoms with Crippen molar-refractivity contribution < 1.29 is 4.52 Å².